The van der Waals surface area contributed by atoms with Crippen LogP contribution in [0.2, 0.25) is 0 Å². The second kappa shape index (κ2) is 13.0. The Morgan fingerprint density at radius 2 is 1.85 bits per heavy atom. The Kier molecular flexibility index (Phi) is 9.01. The maximum Gasteiger partial charge on any atom is 0.234 e. The number of carbonyl (C=O) groups excluding carboxylic acids is 1. The standard InChI is InChI=1S/C31H37N7O3/c1-4-10-28(40)34-35-30-31-36-33-27(16-15-22-24(5-2)37-41-26(22)6-3)38(31)25-19-20(17-18-39)13-14-23(25)29(32-30)21-11-8-7-9-12-21/h7-9,11-14,19,30,35,39H,4-6,10,15-18H2,1-3H3,(H,34,40). The van der Waals surface area contributed by atoms with Crippen LogP contribution in [0.5, 0.6) is 0 Å². The summed E-state index contributed by atoms with van der Waals surface area (Å²) in [5, 5.41) is 23.2. The summed E-state index contributed by atoms with van der Waals surface area (Å²) >= 11 is 0. The van der Waals surface area contributed by atoms with E-state index in [9.17, 15) is 9.90 Å². The maximum absolute atomic E-state index is 12.4. The van der Waals surface area contributed by atoms with Crippen LogP contribution in [0.25, 0.3) is 5.69 Å². The van der Waals surface area contributed by atoms with E-state index >= 15 is 0 Å². The second-order valence-electron chi connectivity index (χ2n) is 10.1. The largest absolute Gasteiger partial charge is 0.396 e. The lowest BCUT2D eigenvalue weighted by Gasteiger charge is -2.16. The monoisotopic (exact) mass is 555 g/mol. The highest BCUT2D eigenvalue weighted by Crippen LogP contribution is 2.31. The van der Waals surface area contributed by atoms with Gasteiger partial charge in [-0.25, -0.2) is 5.43 Å². The molecule has 214 valence electrons. The number of nitrogens with zero attached hydrogens (tertiary/aromatic N) is 5. The quantitative estimate of drug-likeness (QED) is 0.226. The molecule has 1 amide bonds. The summed E-state index contributed by atoms with van der Waals surface area (Å²) in [6, 6.07) is 16.1. The van der Waals surface area contributed by atoms with Gasteiger partial charge < -0.3 is 9.63 Å². The number of aryl methyl sites for hydroxylation is 3. The van der Waals surface area contributed by atoms with E-state index in [1.807, 2.05) is 54.0 Å². The lowest BCUT2D eigenvalue weighted by atomic mass is 9.98. The predicted octanol–water partition coefficient (Wildman–Crippen LogP) is 3.97. The Bertz CT molecular complexity index is 1500. The van der Waals surface area contributed by atoms with Crippen LogP contribution in [0.3, 0.4) is 0 Å². The van der Waals surface area contributed by atoms with Gasteiger partial charge in [0.1, 0.15) is 11.6 Å². The normalized spacial score (nSPS) is 14.2. The molecule has 2 aromatic carbocycles. The number of fused-ring (bicyclic) bond motifs is 3. The Morgan fingerprint density at radius 1 is 1.02 bits per heavy atom. The van der Waals surface area contributed by atoms with Crippen LogP contribution in [0.1, 0.15) is 85.1 Å². The number of hydrogen-bond acceptors (Lipinski definition) is 8. The van der Waals surface area contributed by atoms with E-state index in [-0.39, 0.29) is 12.5 Å². The number of aliphatic imine (C=N–C) groups is 1. The Hall–Kier alpha value is -4.15. The average Bonchev–Trinajstić information content (AvgIpc) is 3.57. The number of aliphatic hydroxyl groups is 1. The van der Waals surface area contributed by atoms with Gasteiger partial charge in [-0.1, -0.05) is 68.4 Å². The molecule has 0 spiro atoms. The molecule has 1 atom stereocenters. The first-order valence-electron chi connectivity index (χ1n) is 14.4. The molecule has 41 heavy (non-hydrogen) atoms. The van der Waals surface area contributed by atoms with E-state index in [4.69, 9.17) is 9.52 Å². The lowest BCUT2D eigenvalue weighted by Crippen LogP contribution is -2.40. The van der Waals surface area contributed by atoms with E-state index in [1.165, 1.54) is 0 Å². The zero-order valence-electron chi connectivity index (χ0n) is 23.9. The molecule has 2 aromatic heterocycles. The predicted molar refractivity (Wildman–Crippen MR) is 156 cm³/mol. The summed E-state index contributed by atoms with van der Waals surface area (Å²) in [4.78, 5) is 17.5. The van der Waals surface area contributed by atoms with Crippen LogP contribution in [-0.2, 0) is 36.9 Å². The molecule has 5 rings (SSSR count). The van der Waals surface area contributed by atoms with E-state index in [0.29, 0.717) is 31.5 Å². The number of nitrogens with one attached hydrogen (secondary N) is 2. The Morgan fingerprint density at radius 3 is 2.59 bits per heavy atom. The van der Waals surface area contributed by atoms with Gasteiger partial charge >= 0.3 is 0 Å². The van der Waals surface area contributed by atoms with Gasteiger partial charge in [-0.05, 0) is 37.3 Å². The van der Waals surface area contributed by atoms with Crippen LogP contribution in [0.15, 0.2) is 58.0 Å². The van der Waals surface area contributed by atoms with Gasteiger partial charge in [-0.2, -0.15) is 0 Å². The van der Waals surface area contributed by atoms with Gasteiger partial charge in [0.2, 0.25) is 5.91 Å². The molecule has 0 saturated heterocycles. The third-order valence-electron chi connectivity index (χ3n) is 7.29. The molecule has 0 aliphatic carbocycles. The second-order valence-corrected chi connectivity index (χ2v) is 10.1. The van der Waals surface area contributed by atoms with Crippen molar-refractivity contribution in [1.29, 1.82) is 0 Å². The summed E-state index contributed by atoms with van der Waals surface area (Å²) in [5.74, 6) is 2.12. The fourth-order valence-electron chi connectivity index (χ4n) is 5.25. The van der Waals surface area contributed by atoms with Crippen LogP contribution in [0.4, 0.5) is 0 Å². The van der Waals surface area contributed by atoms with Crippen LogP contribution in [0, 0.1) is 0 Å². The maximum atomic E-state index is 12.4. The molecule has 1 unspecified atom stereocenters. The van der Waals surface area contributed by atoms with Gasteiger partial charge in [0.15, 0.2) is 12.0 Å². The van der Waals surface area contributed by atoms with Gasteiger partial charge in [-0.3, -0.25) is 19.8 Å². The minimum atomic E-state index is -0.686. The smallest absolute Gasteiger partial charge is 0.234 e. The van der Waals surface area contributed by atoms with Gasteiger partial charge in [0.25, 0.3) is 0 Å². The highest BCUT2D eigenvalue weighted by molar-refractivity contribution is 6.15. The topological polar surface area (TPSA) is 130 Å². The van der Waals surface area contributed by atoms with E-state index in [1.54, 1.807) is 0 Å². The molecule has 10 heteroatoms. The number of hydrogen-bond donors (Lipinski definition) is 3. The molecule has 0 fully saturated rings. The van der Waals surface area contributed by atoms with Crippen molar-refractivity contribution in [3.8, 4) is 5.69 Å². The first-order valence-corrected chi connectivity index (χ1v) is 14.4. The molecule has 3 N–H and O–H groups in total. The summed E-state index contributed by atoms with van der Waals surface area (Å²) in [6.45, 7) is 6.15. The average molecular weight is 556 g/mol. The number of rotatable bonds is 12. The van der Waals surface area contributed by atoms with Gasteiger partial charge in [0, 0.05) is 42.6 Å². The molecule has 0 bridgehead atoms. The zero-order chi connectivity index (χ0) is 28.8. The SMILES string of the molecule is CCCC(=O)NNC1N=C(c2ccccc2)c2ccc(CCO)cc2-n2c(CCc3c(CC)noc3CC)nnc21. The molecule has 1 aliphatic heterocycles. The number of aliphatic hydroxyl groups excluding tert-OH is 1. The number of aromatic nitrogens is 4. The number of benzene rings is 2. The fraction of sp³-hybridized carbons (Fsp3) is 0.387. The van der Waals surface area contributed by atoms with Crippen molar-refractivity contribution in [1.82, 2.24) is 30.8 Å². The van der Waals surface area contributed by atoms with E-state index < -0.39 is 6.17 Å². The Labute approximate surface area is 239 Å². The van der Waals surface area contributed by atoms with Crippen LogP contribution >= 0.6 is 0 Å². The molecular weight excluding hydrogens is 518 g/mol. The first kappa shape index (κ1) is 28.4. The number of hydrazine groups is 1. The van der Waals surface area contributed by atoms with Crippen molar-refractivity contribution in [2.75, 3.05) is 6.61 Å². The highest BCUT2D eigenvalue weighted by atomic mass is 16.5. The van der Waals surface area contributed by atoms with Crippen molar-refractivity contribution in [3.05, 3.63) is 93.9 Å². The molecular formula is C31H37N7O3. The van der Waals surface area contributed by atoms with Crippen molar-refractivity contribution in [2.45, 2.75) is 71.9 Å². The van der Waals surface area contributed by atoms with Crippen molar-refractivity contribution >= 4 is 11.6 Å². The van der Waals surface area contributed by atoms with Crippen molar-refractivity contribution < 1.29 is 14.4 Å². The number of carbonyl (C=O) groups is 1. The highest BCUT2D eigenvalue weighted by Gasteiger charge is 2.30. The van der Waals surface area contributed by atoms with Crippen molar-refractivity contribution in [2.24, 2.45) is 4.99 Å². The third kappa shape index (κ3) is 5.98. The van der Waals surface area contributed by atoms with E-state index in [2.05, 4.69) is 46.1 Å². The Balaban J connectivity index is 1.63. The van der Waals surface area contributed by atoms with Crippen molar-refractivity contribution in [3.63, 3.8) is 0 Å². The number of amides is 1. The molecule has 1 aliphatic rings. The minimum Gasteiger partial charge on any atom is -0.396 e. The summed E-state index contributed by atoms with van der Waals surface area (Å²) < 4.78 is 7.65. The van der Waals surface area contributed by atoms with Crippen LogP contribution in [-0.4, -0.2) is 43.3 Å². The fourth-order valence-corrected chi connectivity index (χ4v) is 5.25. The molecule has 4 aromatic rings. The van der Waals surface area contributed by atoms with E-state index in [0.717, 1.165) is 70.2 Å². The first-order chi connectivity index (χ1) is 20.1. The summed E-state index contributed by atoms with van der Waals surface area (Å²) in [7, 11) is 0. The lowest BCUT2D eigenvalue weighted by molar-refractivity contribution is -0.122. The third-order valence-corrected chi connectivity index (χ3v) is 7.29. The zero-order valence-corrected chi connectivity index (χ0v) is 23.9. The molecule has 0 radical (unpaired) electrons. The minimum absolute atomic E-state index is 0.0427. The molecule has 3 heterocycles. The molecule has 10 nitrogen and oxygen atoms in total. The summed E-state index contributed by atoms with van der Waals surface area (Å²) in [5.41, 5.74) is 12.5. The van der Waals surface area contributed by atoms with Gasteiger partial charge in [0.05, 0.1) is 17.1 Å². The van der Waals surface area contributed by atoms with Crippen LogP contribution < -0.4 is 10.9 Å². The summed E-state index contributed by atoms with van der Waals surface area (Å²) in [6.07, 6.45) is 3.84. The van der Waals surface area contributed by atoms with Gasteiger partial charge in [-0.15, -0.1) is 10.2 Å². The molecule has 0 saturated carbocycles.